The number of rotatable bonds is 3. The Balaban J connectivity index is 0.00000211. The van der Waals surface area contributed by atoms with Gasteiger partial charge in [-0.25, -0.2) is 4.79 Å². The average molecular weight is 306 g/mol. The fraction of sp³-hybridized carbons (Fsp3) is 0.556. The van der Waals surface area contributed by atoms with Crippen molar-refractivity contribution in [3.8, 4) is 0 Å². The molecule has 0 aliphatic carbocycles. The summed E-state index contributed by atoms with van der Waals surface area (Å²) in [5, 5.41) is 2.73. The molecule has 124 valence electrons. The van der Waals surface area contributed by atoms with Crippen LogP contribution in [0.25, 0.3) is 0 Å². The molecule has 4 nitrogen and oxygen atoms in total. The first-order valence-electron chi connectivity index (χ1n) is 7.81. The Kier molecular flexibility index (Phi) is 8.46. The van der Waals surface area contributed by atoms with E-state index in [1.165, 1.54) is 0 Å². The molecule has 1 amide bonds. The van der Waals surface area contributed by atoms with Crippen molar-refractivity contribution in [3.05, 3.63) is 29.3 Å². The Bertz CT molecular complexity index is 500. The molecule has 0 atom stereocenters. The third kappa shape index (κ3) is 8.45. The summed E-state index contributed by atoms with van der Waals surface area (Å²) in [5.41, 5.74) is 2.31. The van der Waals surface area contributed by atoms with Crippen LogP contribution in [-0.2, 0) is 4.74 Å². The van der Waals surface area contributed by atoms with Crippen molar-refractivity contribution >= 4 is 18.0 Å². The van der Waals surface area contributed by atoms with Gasteiger partial charge in [-0.2, -0.15) is 0 Å². The topological polar surface area (TPSA) is 50.7 Å². The predicted molar refractivity (Wildman–Crippen MR) is 95.1 cm³/mol. The Hall–Kier alpha value is -1.84. The number of carbonyl (C=O) groups is 1. The summed E-state index contributed by atoms with van der Waals surface area (Å²) in [6.07, 6.45) is 1.38. The van der Waals surface area contributed by atoms with Gasteiger partial charge in [0.2, 0.25) is 0 Å². The minimum Gasteiger partial charge on any atom is -0.444 e. The molecular weight excluding hydrogens is 276 g/mol. The Labute approximate surface area is 135 Å². The van der Waals surface area contributed by atoms with Gasteiger partial charge in [0, 0.05) is 17.9 Å². The molecule has 22 heavy (non-hydrogen) atoms. The number of aryl methyl sites for hydroxylation is 1. The van der Waals surface area contributed by atoms with Crippen molar-refractivity contribution < 1.29 is 9.53 Å². The van der Waals surface area contributed by atoms with E-state index in [1.807, 2.05) is 79.8 Å². The van der Waals surface area contributed by atoms with E-state index in [0.717, 1.165) is 11.1 Å². The summed E-state index contributed by atoms with van der Waals surface area (Å²) in [5.74, 6) is 0. The van der Waals surface area contributed by atoms with E-state index >= 15 is 0 Å². The van der Waals surface area contributed by atoms with E-state index in [2.05, 4.69) is 10.3 Å². The Morgan fingerprint density at radius 2 is 1.86 bits per heavy atom. The summed E-state index contributed by atoms with van der Waals surface area (Å²) in [7, 11) is 0. The van der Waals surface area contributed by atoms with Crippen LogP contribution in [0.2, 0.25) is 0 Å². The van der Waals surface area contributed by atoms with Crippen molar-refractivity contribution in [2.45, 2.75) is 67.0 Å². The molecule has 1 aromatic rings. The maximum absolute atomic E-state index is 11.7. The highest BCUT2D eigenvalue weighted by Crippen LogP contribution is 2.16. The number of carbonyl (C=O) groups excluding carboxylic acids is 1. The highest BCUT2D eigenvalue weighted by Gasteiger charge is 2.16. The van der Waals surface area contributed by atoms with Gasteiger partial charge in [-0.3, -0.25) is 10.3 Å². The van der Waals surface area contributed by atoms with Crippen molar-refractivity contribution in [3.63, 3.8) is 0 Å². The third-order valence-corrected chi connectivity index (χ3v) is 2.44. The molecule has 0 heterocycles. The zero-order valence-electron chi connectivity index (χ0n) is 15.2. The molecule has 1 aromatic carbocycles. The first kappa shape index (κ1) is 20.2. The number of hydrogen-bond donors (Lipinski definition) is 1. The highest BCUT2D eigenvalue weighted by atomic mass is 16.6. The summed E-state index contributed by atoms with van der Waals surface area (Å²) in [4.78, 5) is 16.1. The Morgan fingerprint density at radius 3 is 2.36 bits per heavy atom. The van der Waals surface area contributed by atoms with E-state index in [4.69, 9.17) is 4.74 Å². The second-order valence-corrected chi connectivity index (χ2v) is 6.07. The number of benzene rings is 1. The van der Waals surface area contributed by atoms with Crippen LogP contribution in [-0.4, -0.2) is 24.0 Å². The minimum atomic E-state index is -0.503. The van der Waals surface area contributed by atoms with E-state index in [9.17, 15) is 4.79 Å². The molecule has 0 aliphatic rings. The maximum Gasteiger partial charge on any atom is 0.412 e. The zero-order valence-corrected chi connectivity index (χ0v) is 15.2. The molecule has 0 saturated heterocycles. The molecule has 1 N–H and O–H groups in total. The fourth-order valence-corrected chi connectivity index (χ4v) is 1.51. The smallest absolute Gasteiger partial charge is 0.412 e. The first-order chi connectivity index (χ1) is 10.2. The maximum atomic E-state index is 11.7. The fourth-order valence-electron chi connectivity index (χ4n) is 1.51. The number of nitrogens with zero attached hydrogens (tertiary/aromatic N) is 1. The van der Waals surface area contributed by atoms with E-state index in [-0.39, 0.29) is 6.04 Å². The number of aliphatic imine (C=N–C) groups is 1. The summed E-state index contributed by atoms with van der Waals surface area (Å²) in [6.45, 7) is 15.6. The molecule has 0 fully saturated rings. The standard InChI is InChI=1S/C16H24N2O2.C2H6/c1-11(2)17-10-13-9-14(8-7-12(13)3)18-15(19)20-16(4,5)6;1-2/h7-11H,1-6H3,(H,18,19);1-2H3. The van der Waals surface area contributed by atoms with Crippen molar-refractivity contribution in [2.24, 2.45) is 4.99 Å². The van der Waals surface area contributed by atoms with Gasteiger partial charge < -0.3 is 4.74 Å². The van der Waals surface area contributed by atoms with E-state index in [1.54, 1.807) is 0 Å². The second kappa shape index (κ2) is 9.23. The first-order valence-corrected chi connectivity index (χ1v) is 7.81. The minimum absolute atomic E-state index is 0.247. The van der Waals surface area contributed by atoms with Crippen LogP contribution in [0.4, 0.5) is 10.5 Å². The van der Waals surface area contributed by atoms with Crippen LogP contribution in [0.5, 0.6) is 0 Å². The molecule has 0 aliphatic heterocycles. The third-order valence-electron chi connectivity index (χ3n) is 2.44. The number of anilines is 1. The zero-order chi connectivity index (χ0) is 17.3. The number of nitrogens with one attached hydrogen (secondary N) is 1. The summed E-state index contributed by atoms with van der Waals surface area (Å²) < 4.78 is 5.23. The number of hydrogen-bond acceptors (Lipinski definition) is 3. The number of amides is 1. The normalized spacial score (nSPS) is 11.1. The van der Waals surface area contributed by atoms with Gasteiger partial charge in [0.15, 0.2) is 0 Å². The molecule has 0 spiro atoms. The summed E-state index contributed by atoms with van der Waals surface area (Å²) >= 11 is 0. The molecule has 0 unspecified atom stereocenters. The van der Waals surface area contributed by atoms with Gasteiger partial charge in [0.05, 0.1) is 0 Å². The molecular formula is C18H30N2O2. The van der Waals surface area contributed by atoms with Crippen molar-refractivity contribution in [1.29, 1.82) is 0 Å². The monoisotopic (exact) mass is 306 g/mol. The Morgan fingerprint density at radius 1 is 1.27 bits per heavy atom. The lowest BCUT2D eigenvalue weighted by Gasteiger charge is -2.19. The SMILES string of the molecule is CC.Cc1ccc(NC(=O)OC(C)(C)C)cc1C=NC(C)C. The van der Waals surface area contributed by atoms with E-state index < -0.39 is 11.7 Å². The lowest BCUT2D eigenvalue weighted by Crippen LogP contribution is -2.27. The highest BCUT2D eigenvalue weighted by molar-refractivity contribution is 5.88. The molecule has 4 heteroatoms. The van der Waals surface area contributed by atoms with Crippen molar-refractivity contribution in [2.75, 3.05) is 5.32 Å². The van der Waals surface area contributed by atoms with Gasteiger partial charge in [-0.05, 0) is 64.8 Å². The van der Waals surface area contributed by atoms with Gasteiger partial charge in [-0.15, -0.1) is 0 Å². The van der Waals surface area contributed by atoms with Gasteiger partial charge in [0.1, 0.15) is 5.60 Å². The molecule has 0 aromatic heterocycles. The molecule has 0 bridgehead atoms. The predicted octanol–water partition coefficient (Wildman–Crippen LogP) is 5.20. The van der Waals surface area contributed by atoms with Crippen LogP contribution >= 0.6 is 0 Å². The van der Waals surface area contributed by atoms with Gasteiger partial charge >= 0.3 is 6.09 Å². The largest absolute Gasteiger partial charge is 0.444 e. The van der Waals surface area contributed by atoms with E-state index in [0.29, 0.717) is 5.69 Å². The molecule has 0 radical (unpaired) electrons. The van der Waals surface area contributed by atoms with Gasteiger partial charge in [-0.1, -0.05) is 19.9 Å². The molecule has 0 saturated carbocycles. The molecule has 1 rings (SSSR count). The quantitative estimate of drug-likeness (QED) is 0.781. The van der Waals surface area contributed by atoms with Crippen LogP contribution in [0.1, 0.15) is 59.6 Å². The lowest BCUT2D eigenvalue weighted by molar-refractivity contribution is 0.0636. The van der Waals surface area contributed by atoms with Crippen LogP contribution in [0.3, 0.4) is 0 Å². The lowest BCUT2D eigenvalue weighted by atomic mass is 10.1. The van der Waals surface area contributed by atoms with Crippen LogP contribution < -0.4 is 5.32 Å². The summed E-state index contributed by atoms with van der Waals surface area (Å²) in [6, 6.07) is 5.95. The number of ether oxygens (including phenoxy) is 1. The van der Waals surface area contributed by atoms with Crippen LogP contribution in [0, 0.1) is 6.92 Å². The van der Waals surface area contributed by atoms with Gasteiger partial charge in [0.25, 0.3) is 0 Å². The van der Waals surface area contributed by atoms with Crippen molar-refractivity contribution in [1.82, 2.24) is 0 Å². The van der Waals surface area contributed by atoms with Crippen LogP contribution in [0.15, 0.2) is 23.2 Å². The average Bonchev–Trinajstić information content (AvgIpc) is 2.39. The second-order valence-electron chi connectivity index (χ2n) is 6.07.